The fourth-order valence-electron chi connectivity index (χ4n) is 1.86. The van der Waals surface area contributed by atoms with Crippen LogP contribution in [-0.4, -0.2) is 19.9 Å². The molecule has 0 spiro atoms. The summed E-state index contributed by atoms with van der Waals surface area (Å²) in [4.78, 5) is 4.19. The van der Waals surface area contributed by atoms with Crippen LogP contribution in [0.2, 0.25) is 5.02 Å². The maximum absolute atomic E-state index is 10.3. The predicted molar refractivity (Wildman–Crippen MR) is 78.1 cm³/mol. The van der Waals surface area contributed by atoms with Gasteiger partial charge in [-0.1, -0.05) is 24.6 Å². The highest BCUT2D eigenvalue weighted by Gasteiger charge is 2.14. The van der Waals surface area contributed by atoms with Gasteiger partial charge in [0.05, 0.1) is 11.1 Å². The van der Waals surface area contributed by atoms with Crippen molar-refractivity contribution < 1.29 is 5.11 Å². The molecule has 0 aliphatic heterocycles. The van der Waals surface area contributed by atoms with Crippen molar-refractivity contribution in [3.63, 3.8) is 0 Å². The van der Waals surface area contributed by atoms with Crippen LogP contribution in [0.15, 0.2) is 29.0 Å². The lowest BCUT2D eigenvalue weighted by Gasteiger charge is -2.12. The molecule has 0 aliphatic rings. The second-order valence-corrected chi connectivity index (χ2v) is 5.55. The zero-order chi connectivity index (χ0) is 13.8. The van der Waals surface area contributed by atoms with Gasteiger partial charge in [-0.3, -0.25) is 4.68 Å². The largest absolute Gasteiger partial charge is 0.388 e. The number of nitrogens with zero attached hydrogens (tertiary/aromatic N) is 3. The summed E-state index contributed by atoms with van der Waals surface area (Å²) in [5, 5.41) is 15.0. The first kappa shape index (κ1) is 14.5. The molecule has 0 saturated carbocycles. The quantitative estimate of drug-likeness (QED) is 0.904. The molecule has 0 aliphatic carbocycles. The molecule has 0 saturated heterocycles. The summed E-state index contributed by atoms with van der Waals surface area (Å²) in [5.74, 6) is 0.792. The minimum atomic E-state index is -0.617. The highest BCUT2D eigenvalue weighted by molar-refractivity contribution is 9.10. The van der Waals surface area contributed by atoms with Gasteiger partial charge in [0.2, 0.25) is 0 Å². The van der Waals surface area contributed by atoms with E-state index in [2.05, 4.69) is 32.9 Å². The Kier molecular flexibility index (Phi) is 4.96. The van der Waals surface area contributed by atoms with Gasteiger partial charge in [0.25, 0.3) is 0 Å². The van der Waals surface area contributed by atoms with E-state index in [1.165, 1.54) is 6.33 Å². The van der Waals surface area contributed by atoms with Gasteiger partial charge in [0.15, 0.2) is 0 Å². The van der Waals surface area contributed by atoms with E-state index in [0.29, 0.717) is 11.4 Å². The molecule has 1 atom stereocenters. The van der Waals surface area contributed by atoms with Crippen LogP contribution in [-0.2, 0) is 13.0 Å². The Labute approximate surface area is 125 Å². The molecule has 2 rings (SSSR count). The molecular formula is C13H15BrClN3O. The number of aryl methyl sites for hydroxylation is 1. The van der Waals surface area contributed by atoms with Crippen LogP contribution in [0.5, 0.6) is 0 Å². The summed E-state index contributed by atoms with van der Waals surface area (Å²) in [6, 6.07) is 5.41. The molecule has 4 nitrogen and oxygen atoms in total. The third kappa shape index (κ3) is 3.55. The second kappa shape index (κ2) is 6.50. The fraction of sp³-hybridized carbons (Fsp3) is 0.385. The van der Waals surface area contributed by atoms with E-state index in [9.17, 15) is 5.11 Å². The molecule has 0 amide bonds. The molecule has 1 unspecified atom stereocenters. The number of aliphatic hydroxyl groups is 1. The molecule has 6 heteroatoms. The monoisotopic (exact) mass is 343 g/mol. The van der Waals surface area contributed by atoms with Crippen LogP contribution in [0.3, 0.4) is 0 Å². The van der Waals surface area contributed by atoms with Crippen LogP contribution in [0.1, 0.15) is 30.8 Å². The lowest BCUT2D eigenvalue weighted by molar-refractivity contribution is 0.174. The summed E-state index contributed by atoms with van der Waals surface area (Å²) >= 11 is 9.29. The van der Waals surface area contributed by atoms with Crippen molar-refractivity contribution in [3.8, 4) is 0 Å². The fourth-order valence-corrected chi connectivity index (χ4v) is 2.37. The summed E-state index contributed by atoms with van der Waals surface area (Å²) in [5.41, 5.74) is 0.808. The van der Waals surface area contributed by atoms with Crippen LogP contribution >= 0.6 is 27.5 Å². The first-order valence-electron chi connectivity index (χ1n) is 6.11. The first-order valence-corrected chi connectivity index (χ1v) is 7.28. The van der Waals surface area contributed by atoms with Crippen molar-refractivity contribution >= 4 is 27.5 Å². The topological polar surface area (TPSA) is 50.9 Å². The number of rotatable bonds is 5. The maximum atomic E-state index is 10.3. The Hall–Kier alpha value is -0.910. The van der Waals surface area contributed by atoms with Gasteiger partial charge in [-0.2, -0.15) is 5.10 Å². The lowest BCUT2D eigenvalue weighted by atomic mass is 10.1. The summed E-state index contributed by atoms with van der Waals surface area (Å²) in [6.07, 6.45) is 2.33. The molecular weight excluding hydrogens is 330 g/mol. The number of hydrogen-bond donors (Lipinski definition) is 1. The third-order valence-electron chi connectivity index (χ3n) is 2.84. The van der Waals surface area contributed by atoms with Gasteiger partial charge < -0.3 is 5.11 Å². The van der Waals surface area contributed by atoms with Gasteiger partial charge in [-0.25, -0.2) is 4.98 Å². The Morgan fingerprint density at radius 2 is 2.26 bits per heavy atom. The van der Waals surface area contributed by atoms with E-state index >= 15 is 0 Å². The van der Waals surface area contributed by atoms with Crippen molar-refractivity contribution in [1.82, 2.24) is 14.8 Å². The van der Waals surface area contributed by atoms with Gasteiger partial charge in [-0.05, 0) is 40.0 Å². The molecule has 1 aromatic heterocycles. The van der Waals surface area contributed by atoms with Crippen molar-refractivity contribution in [3.05, 3.63) is 45.4 Å². The average molecular weight is 345 g/mol. The van der Waals surface area contributed by atoms with Crippen LogP contribution in [0, 0.1) is 0 Å². The zero-order valence-corrected chi connectivity index (χ0v) is 12.9. The molecule has 0 bridgehead atoms. The molecule has 102 valence electrons. The molecule has 1 heterocycles. The van der Waals surface area contributed by atoms with Gasteiger partial charge in [0, 0.05) is 17.4 Å². The standard InChI is InChI=1S/C13H15BrClN3O/c1-2-5-18-13(16-8-17-18)7-12(19)9-3-4-11(15)10(14)6-9/h3-4,6,8,12,19H,2,5,7H2,1H3. The molecule has 0 fully saturated rings. The molecule has 1 aromatic carbocycles. The summed E-state index contributed by atoms with van der Waals surface area (Å²) in [6.45, 7) is 2.89. The molecule has 1 N–H and O–H groups in total. The van der Waals surface area contributed by atoms with Gasteiger partial charge >= 0.3 is 0 Å². The summed E-state index contributed by atoms with van der Waals surface area (Å²) in [7, 11) is 0. The Morgan fingerprint density at radius 3 is 2.95 bits per heavy atom. The van der Waals surface area contributed by atoms with E-state index in [1.54, 1.807) is 6.07 Å². The van der Waals surface area contributed by atoms with E-state index in [-0.39, 0.29) is 0 Å². The maximum Gasteiger partial charge on any atom is 0.138 e. The SMILES string of the molecule is CCCn1ncnc1CC(O)c1ccc(Cl)c(Br)c1. The average Bonchev–Trinajstić information content (AvgIpc) is 2.80. The van der Waals surface area contributed by atoms with Crippen LogP contribution in [0.4, 0.5) is 0 Å². The number of hydrogen-bond acceptors (Lipinski definition) is 3. The van der Waals surface area contributed by atoms with Gasteiger partial charge in [0.1, 0.15) is 12.2 Å². The van der Waals surface area contributed by atoms with Crippen LogP contribution in [0.25, 0.3) is 0 Å². The minimum absolute atomic E-state index is 0.439. The first-order chi connectivity index (χ1) is 9.11. The number of aromatic nitrogens is 3. The van der Waals surface area contributed by atoms with E-state index in [4.69, 9.17) is 11.6 Å². The van der Waals surface area contributed by atoms with Crippen LogP contribution < -0.4 is 0 Å². The van der Waals surface area contributed by atoms with Gasteiger partial charge in [-0.15, -0.1) is 0 Å². The normalized spacial score (nSPS) is 12.6. The lowest BCUT2D eigenvalue weighted by Crippen LogP contribution is -2.10. The Balaban J connectivity index is 2.13. The highest BCUT2D eigenvalue weighted by atomic mass is 79.9. The van der Waals surface area contributed by atoms with Crippen molar-refractivity contribution in [2.45, 2.75) is 32.4 Å². The number of aliphatic hydroxyl groups excluding tert-OH is 1. The predicted octanol–water partition coefficient (Wildman–Crippen LogP) is 3.38. The van der Waals surface area contributed by atoms with E-state index in [1.807, 2.05) is 16.8 Å². The molecule has 0 radical (unpaired) electrons. The van der Waals surface area contributed by atoms with E-state index < -0.39 is 6.10 Å². The zero-order valence-electron chi connectivity index (χ0n) is 10.6. The number of benzene rings is 1. The van der Waals surface area contributed by atoms with Crippen molar-refractivity contribution in [2.24, 2.45) is 0 Å². The highest BCUT2D eigenvalue weighted by Crippen LogP contribution is 2.27. The van der Waals surface area contributed by atoms with Crippen molar-refractivity contribution in [1.29, 1.82) is 0 Å². The third-order valence-corrected chi connectivity index (χ3v) is 4.05. The number of halogens is 2. The minimum Gasteiger partial charge on any atom is -0.388 e. The Morgan fingerprint density at radius 1 is 1.47 bits per heavy atom. The Bertz CT molecular complexity index is 559. The molecule has 2 aromatic rings. The smallest absolute Gasteiger partial charge is 0.138 e. The molecule has 19 heavy (non-hydrogen) atoms. The van der Waals surface area contributed by atoms with E-state index in [0.717, 1.165) is 28.8 Å². The summed E-state index contributed by atoms with van der Waals surface area (Å²) < 4.78 is 2.61. The second-order valence-electron chi connectivity index (χ2n) is 4.29. The van der Waals surface area contributed by atoms with Crippen molar-refractivity contribution in [2.75, 3.05) is 0 Å².